The average Bonchev–Trinajstić information content (AvgIpc) is 2.89. The van der Waals surface area contributed by atoms with Gasteiger partial charge in [0.25, 0.3) is 0 Å². The molecular weight excluding hydrogens is 284 g/mol. The highest BCUT2D eigenvalue weighted by atomic mass is 16.7. The van der Waals surface area contributed by atoms with Gasteiger partial charge >= 0.3 is 6.16 Å². The lowest BCUT2D eigenvalue weighted by molar-refractivity contribution is 0.0689. The molecular formula is C16H22N2O4. The average molecular weight is 306 g/mol. The van der Waals surface area contributed by atoms with E-state index in [-0.39, 0.29) is 6.61 Å². The summed E-state index contributed by atoms with van der Waals surface area (Å²) >= 11 is 0. The number of hydrogen-bond donors (Lipinski definition) is 1. The van der Waals surface area contributed by atoms with Crippen LogP contribution in [0.25, 0.3) is 10.9 Å². The number of carbonyl (C=O) groups is 1. The van der Waals surface area contributed by atoms with E-state index in [1.165, 1.54) is 0 Å². The molecule has 0 spiro atoms. The summed E-state index contributed by atoms with van der Waals surface area (Å²) in [6, 6.07) is 5.57. The van der Waals surface area contributed by atoms with Crippen molar-refractivity contribution in [2.45, 2.75) is 6.42 Å². The minimum absolute atomic E-state index is 0.173. The van der Waals surface area contributed by atoms with Crippen LogP contribution in [0, 0.1) is 0 Å². The van der Waals surface area contributed by atoms with Gasteiger partial charge in [-0.25, -0.2) is 4.79 Å². The lowest BCUT2D eigenvalue weighted by Crippen LogP contribution is -2.15. The normalized spacial score (nSPS) is 11.1. The first kappa shape index (κ1) is 16.3. The van der Waals surface area contributed by atoms with Crippen molar-refractivity contribution in [2.75, 3.05) is 41.0 Å². The fourth-order valence-electron chi connectivity index (χ4n) is 2.17. The van der Waals surface area contributed by atoms with Crippen molar-refractivity contribution < 1.29 is 19.0 Å². The van der Waals surface area contributed by atoms with Gasteiger partial charge in [-0.1, -0.05) is 6.07 Å². The van der Waals surface area contributed by atoms with Gasteiger partial charge in [-0.3, -0.25) is 0 Å². The van der Waals surface area contributed by atoms with Gasteiger partial charge in [-0.15, -0.1) is 0 Å². The third-order valence-electron chi connectivity index (χ3n) is 3.28. The zero-order valence-corrected chi connectivity index (χ0v) is 13.2. The largest absolute Gasteiger partial charge is 0.513 e. The number of fused-ring (bicyclic) bond motifs is 1. The van der Waals surface area contributed by atoms with Crippen LogP contribution in [0.4, 0.5) is 4.79 Å². The Labute approximate surface area is 130 Å². The predicted molar refractivity (Wildman–Crippen MR) is 84.4 cm³/mol. The highest BCUT2D eigenvalue weighted by Crippen LogP contribution is 2.29. The third-order valence-corrected chi connectivity index (χ3v) is 3.28. The van der Waals surface area contributed by atoms with Crippen LogP contribution < -0.4 is 4.74 Å². The summed E-state index contributed by atoms with van der Waals surface area (Å²) in [6.45, 7) is 1.43. The standard InChI is InChI=1S/C16H22N2O4/c1-18(2)8-7-12-11-17-13-5-4-6-14(15(12)13)22-16(19)21-10-9-20-3/h4-6,11,17H,7-10H2,1-3H3. The Hall–Kier alpha value is -2.05. The third kappa shape index (κ3) is 4.22. The van der Waals surface area contributed by atoms with E-state index in [1.807, 2.05) is 32.4 Å². The zero-order chi connectivity index (χ0) is 15.9. The molecule has 0 atom stereocenters. The second-order valence-corrected chi connectivity index (χ2v) is 5.24. The number of likely N-dealkylation sites (N-methyl/N-ethyl adjacent to an activating group) is 1. The summed E-state index contributed by atoms with van der Waals surface area (Å²) in [5.74, 6) is 0.509. The van der Waals surface area contributed by atoms with Gasteiger partial charge in [0.1, 0.15) is 12.4 Å². The molecule has 0 radical (unpaired) electrons. The molecule has 1 aromatic carbocycles. The summed E-state index contributed by atoms with van der Waals surface area (Å²) in [5.41, 5.74) is 2.06. The van der Waals surface area contributed by atoms with Crippen LogP contribution in [0.5, 0.6) is 5.75 Å². The van der Waals surface area contributed by atoms with Crippen molar-refractivity contribution in [1.29, 1.82) is 0 Å². The van der Waals surface area contributed by atoms with Crippen molar-refractivity contribution in [3.63, 3.8) is 0 Å². The molecule has 2 rings (SSSR count). The van der Waals surface area contributed by atoms with Crippen molar-refractivity contribution in [3.05, 3.63) is 30.0 Å². The summed E-state index contributed by atoms with van der Waals surface area (Å²) in [7, 11) is 5.60. The van der Waals surface area contributed by atoms with E-state index in [4.69, 9.17) is 14.2 Å². The molecule has 0 saturated carbocycles. The molecule has 120 valence electrons. The molecule has 0 saturated heterocycles. The van der Waals surface area contributed by atoms with Crippen LogP contribution in [0.15, 0.2) is 24.4 Å². The number of hydrogen-bond acceptors (Lipinski definition) is 5. The molecule has 0 amide bonds. The van der Waals surface area contributed by atoms with E-state index in [9.17, 15) is 4.79 Å². The van der Waals surface area contributed by atoms with E-state index in [0.29, 0.717) is 12.4 Å². The number of aromatic amines is 1. The molecule has 1 N–H and O–H groups in total. The quantitative estimate of drug-likeness (QED) is 0.483. The molecule has 1 aromatic heterocycles. The van der Waals surface area contributed by atoms with Crippen molar-refractivity contribution in [1.82, 2.24) is 9.88 Å². The molecule has 1 heterocycles. The molecule has 0 unspecified atom stereocenters. The van der Waals surface area contributed by atoms with E-state index in [0.717, 1.165) is 29.4 Å². The number of benzene rings is 1. The van der Waals surface area contributed by atoms with Crippen LogP contribution in [-0.4, -0.2) is 57.0 Å². The molecule has 0 fully saturated rings. The first-order chi connectivity index (χ1) is 10.6. The van der Waals surface area contributed by atoms with Crippen LogP contribution in [0.2, 0.25) is 0 Å². The second-order valence-electron chi connectivity index (χ2n) is 5.24. The van der Waals surface area contributed by atoms with Gasteiger partial charge in [0.2, 0.25) is 0 Å². The number of nitrogens with one attached hydrogen (secondary N) is 1. The molecule has 0 aliphatic carbocycles. The van der Waals surface area contributed by atoms with Gasteiger partial charge in [-0.2, -0.15) is 0 Å². The number of carbonyl (C=O) groups excluding carboxylic acids is 1. The Morgan fingerprint density at radius 2 is 2.09 bits per heavy atom. The number of aromatic nitrogens is 1. The summed E-state index contributed by atoms with van der Waals surface area (Å²) in [5, 5.41) is 0.924. The minimum atomic E-state index is -0.718. The number of H-pyrrole nitrogens is 1. The Bertz CT molecular complexity index is 622. The SMILES string of the molecule is COCCOC(=O)Oc1cccc2[nH]cc(CCN(C)C)c12. The molecule has 6 heteroatoms. The number of ether oxygens (including phenoxy) is 3. The van der Waals surface area contributed by atoms with E-state index < -0.39 is 6.16 Å². The summed E-state index contributed by atoms with van der Waals surface area (Å²) in [4.78, 5) is 17.0. The highest BCUT2D eigenvalue weighted by Gasteiger charge is 2.13. The van der Waals surface area contributed by atoms with Gasteiger partial charge in [0, 0.05) is 30.8 Å². The first-order valence-corrected chi connectivity index (χ1v) is 7.19. The topological polar surface area (TPSA) is 63.8 Å². The lowest BCUT2D eigenvalue weighted by Gasteiger charge is -2.10. The second kappa shape index (κ2) is 7.82. The maximum absolute atomic E-state index is 11.7. The lowest BCUT2D eigenvalue weighted by atomic mass is 10.1. The number of nitrogens with zero attached hydrogens (tertiary/aromatic N) is 1. The van der Waals surface area contributed by atoms with Crippen molar-refractivity contribution in [2.24, 2.45) is 0 Å². The minimum Gasteiger partial charge on any atom is -0.432 e. The maximum atomic E-state index is 11.7. The van der Waals surface area contributed by atoms with Gasteiger partial charge in [0.05, 0.1) is 6.61 Å². The highest BCUT2D eigenvalue weighted by molar-refractivity contribution is 5.90. The van der Waals surface area contributed by atoms with Gasteiger partial charge in [-0.05, 0) is 38.2 Å². The molecule has 0 bridgehead atoms. The van der Waals surface area contributed by atoms with Gasteiger partial charge in [0.15, 0.2) is 0 Å². The van der Waals surface area contributed by atoms with Crippen LogP contribution in [0.1, 0.15) is 5.56 Å². The number of methoxy groups -OCH3 is 1. The van der Waals surface area contributed by atoms with E-state index in [1.54, 1.807) is 13.2 Å². The Morgan fingerprint density at radius 3 is 2.82 bits per heavy atom. The van der Waals surface area contributed by atoms with Crippen LogP contribution in [0.3, 0.4) is 0 Å². The Kier molecular flexibility index (Phi) is 5.80. The van der Waals surface area contributed by atoms with E-state index >= 15 is 0 Å². The molecule has 2 aromatic rings. The van der Waals surface area contributed by atoms with Gasteiger partial charge < -0.3 is 24.1 Å². The van der Waals surface area contributed by atoms with Crippen molar-refractivity contribution in [3.8, 4) is 5.75 Å². The zero-order valence-electron chi connectivity index (χ0n) is 13.2. The fraction of sp³-hybridized carbons (Fsp3) is 0.438. The molecule has 0 aliphatic rings. The number of rotatable bonds is 7. The van der Waals surface area contributed by atoms with E-state index in [2.05, 4.69) is 9.88 Å². The smallest absolute Gasteiger partial charge is 0.432 e. The van der Waals surface area contributed by atoms with Crippen molar-refractivity contribution >= 4 is 17.1 Å². The summed E-state index contributed by atoms with van der Waals surface area (Å²) < 4.78 is 15.1. The predicted octanol–water partition coefficient (Wildman–Crippen LogP) is 2.43. The molecule has 0 aliphatic heterocycles. The Morgan fingerprint density at radius 1 is 1.27 bits per heavy atom. The van der Waals surface area contributed by atoms with Crippen LogP contribution in [-0.2, 0) is 15.9 Å². The summed E-state index contributed by atoms with van der Waals surface area (Å²) in [6.07, 6.45) is 2.10. The Balaban J connectivity index is 2.14. The monoisotopic (exact) mass is 306 g/mol. The van der Waals surface area contributed by atoms with Crippen LogP contribution >= 0.6 is 0 Å². The molecule has 6 nitrogen and oxygen atoms in total. The maximum Gasteiger partial charge on any atom is 0.513 e. The first-order valence-electron chi connectivity index (χ1n) is 7.19. The molecule has 22 heavy (non-hydrogen) atoms. The fourth-order valence-corrected chi connectivity index (χ4v) is 2.17.